The predicted molar refractivity (Wildman–Crippen MR) is 88.0 cm³/mol. The molecule has 0 bridgehead atoms. The van der Waals surface area contributed by atoms with Crippen LogP contribution in [0.25, 0.3) is 0 Å². The quantitative estimate of drug-likeness (QED) is 0.919. The molecule has 1 amide bonds. The van der Waals surface area contributed by atoms with Crippen molar-refractivity contribution in [2.24, 2.45) is 0 Å². The molecule has 1 aromatic carbocycles. The van der Waals surface area contributed by atoms with Gasteiger partial charge in [0.2, 0.25) is 5.91 Å². The van der Waals surface area contributed by atoms with Gasteiger partial charge in [-0.1, -0.05) is 0 Å². The predicted octanol–water partition coefficient (Wildman–Crippen LogP) is 2.94. The number of likely N-dealkylation sites (tertiary alicyclic amines) is 1. The number of nitrogens with zero attached hydrogens (tertiary/aromatic N) is 3. The third kappa shape index (κ3) is 4.12. The summed E-state index contributed by atoms with van der Waals surface area (Å²) < 4.78 is 26.4. The molecule has 1 aliphatic heterocycles. The molecule has 0 aliphatic carbocycles. The normalized spacial score (nSPS) is 16.3. The van der Waals surface area contributed by atoms with Gasteiger partial charge in [-0.3, -0.25) is 9.69 Å². The van der Waals surface area contributed by atoms with Gasteiger partial charge in [0, 0.05) is 12.0 Å². The van der Waals surface area contributed by atoms with Crippen LogP contribution in [0.1, 0.15) is 28.8 Å². The Labute approximate surface area is 142 Å². The summed E-state index contributed by atoms with van der Waals surface area (Å²) in [6.07, 6.45) is 1.85. The number of anilines is 1. The highest BCUT2D eigenvalue weighted by Gasteiger charge is 2.24. The van der Waals surface area contributed by atoms with Crippen molar-refractivity contribution in [3.05, 3.63) is 39.8 Å². The number of hydrogen-bond donors (Lipinski definition) is 1. The Morgan fingerprint density at radius 1 is 1.33 bits per heavy atom. The maximum absolute atomic E-state index is 13.6. The Morgan fingerprint density at radius 3 is 2.71 bits per heavy atom. The van der Waals surface area contributed by atoms with E-state index in [0.717, 1.165) is 48.1 Å². The minimum Gasteiger partial charge on any atom is -0.322 e. The van der Waals surface area contributed by atoms with Crippen LogP contribution in [0.2, 0.25) is 0 Å². The topological polar surface area (TPSA) is 58.1 Å². The van der Waals surface area contributed by atoms with Crippen molar-refractivity contribution in [1.82, 2.24) is 15.1 Å². The average molecular weight is 352 g/mol. The Hall–Kier alpha value is -1.93. The van der Waals surface area contributed by atoms with Crippen LogP contribution in [0, 0.1) is 18.6 Å². The van der Waals surface area contributed by atoms with E-state index in [4.69, 9.17) is 0 Å². The van der Waals surface area contributed by atoms with Crippen molar-refractivity contribution in [1.29, 1.82) is 0 Å². The lowest BCUT2D eigenvalue weighted by molar-refractivity contribution is -0.117. The maximum Gasteiger partial charge on any atom is 0.238 e. The number of aryl methyl sites for hydroxylation is 1. The van der Waals surface area contributed by atoms with Gasteiger partial charge in [-0.05, 0) is 45.0 Å². The van der Waals surface area contributed by atoms with Crippen molar-refractivity contribution in [2.45, 2.75) is 25.7 Å². The zero-order valence-corrected chi connectivity index (χ0v) is 14.1. The fourth-order valence-corrected chi connectivity index (χ4v) is 3.67. The minimum absolute atomic E-state index is 0.000575. The summed E-state index contributed by atoms with van der Waals surface area (Å²) in [4.78, 5) is 14.1. The smallest absolute Gasteiger partial charge is 0.238 e. The number of halogens is 2. The van der Waals surface area contributed by atoms with E-state index >= 15 is 0 Å². The summed E-state index contributed by atoms with van der Waals surface area (Å²) in [6.45, 7) is 3.69. The van der Waals surface area contributed by atoms with Gasteiger partial charge in [0.25, 0.3) is 0 Å². The first kappa shape index (κ1) is 16.9. The summed E-state index contributed by atoms with van der Waals surface area (Å²) in [5, 5.41) is 12.8. The molecule has 1 fully saturated rings. The molecule has 1 N–H and O–H groups in total. The lowest BCUT2D eigenvalue weighted by atomic mass is 9.98. The molecule has 1 saturated heterocycles. The Morgan fingerprint density at radius 2 is 2.08 bits per heavy atom. The van der Waals surface area contributed by atoms with Gasteiger partial charge in [0.15, 0.2) is 0 Å². The number of hydrogen-bond acceptors (Lipinski definition) is 5. The van der Waals surface area contributed by atoms with Crippen LogP contribution in [0.15, 0.2) is 18.2 Å². The number of aromatic nitrogens is 2. The number of piperidine rings is 1. The molecule has 2 heterocycles. The van der Waals surface area contributed by atoms with Gasteiger partial charge in [-0.15, -0.1) is 21.5 Å². The molecule has 5 nitrogen and oxygen atoms in total. The summed E-state index contributed by atoms with van der Waals surface area (Å²) in [6, 6.07) is 3.10. The number of benzene rings is 1. The zero-order chi connectivity index (χ0) is 17.1. The SMILES string of the molecule is Cc1nnc(C2CCN(CC(=O)Nc3ccc(F)cc3F)CC2)s1. The van der Waals surface area contributed by atoms with Gasteiger partial charge in [0.05, 0.1) is 12.2 Å². The van der Waals surface area contributed by atoms with E-state index in [2.05, 4.69) is 15.5 Å². The zero-order valence-electron chi connectivity index (χ0n) is 13.3. The first-order chi connectivity index (χ1) is 11.5. The number of carbonyl (C=O) groups is 1. The van der Waals surface area contributed by atoms with Crippen LogP contribution in [0.3, 0.4) is 0 Å². The highest BCUT2D eigenvalue weighted by atomic mass is 32.1. The first-order valence-electron chi connectivity index (χ1n) is 7.78. The van der Waals surface area contributed by atoms with Gasteiger partial charge in [0.1, 0.15) is 21.6 Å². The van der Waals surface area contributed by atoms with E-state index < -0.39 is 11.6 Å². The second-order valence-electron chi connectivity index (χ2n) is 5.88. The molecule has 0 spiro atoms. The molecule has 0 unspecified atom stereocenters. The molecule has 1 aromatic heterocycles. The van der Waals surface area contributed by atoms with E-state index in [1.54, 1.807) is 11.3 Å². The summed E-state index contributed by atoms with van der Waals surface area (Å²) >= 11 is 1.62. The number of amides is 1. The van der Waals surface area contributed by atoms with Crippen LogP contribution in [0.5, 0.6) is 0 Å². The van der Waals surface area contributed by atoms with Crippen LogP contribution in [-0.2, 0) is 4.79 Å². The van der Waals surface area contributed by atoms with Gasteiger partial charge in [-0.2, -0.15) is 0 Å². The second kappa shape index (κ2) is 7.31. The highest BCUT2D eigenvalue weighted by molar-refractivity contribution is 7.11. The first-order valence-corrected chi connectivity index (χ1v) is 8.60. The minimum atomic E-state index is -0.770. The lowest BCUT2D eigenvalue weighted by Gasteiger charge is -2.30. The van der Waals surface area contributed by atoms with E-state index in [0.29, 0.717) is 5.92 Å². The summed E-state index contributed by atoms with van der Waals surface area (Å²) in [5.74, 6) is -1.34. The highest BCUT2D eigenvalue weighted by Crippen LogP contribution is 2.29. The third-order valence-electron chi connectivity index (χ3n) is 4.05. The maximum atomic E-state index is 13.6. The van der Waals surface area contributed by atoms with E-state index in [1.165, 1.54) is 6.07 Å². The molecule has 0 saturated carbocycles. The van der Waals surface area contributed by atoms with Crippen molar-refractivity contribution < 1.29 is 13.6 Å². The molecule has 24 heavy (non-hydrogen) atoms. The largest absolute Gasteiger partial charge is 0.322 e. The standard InChI is InChI=1S/C16H18F2N4OS/c1-10-20-21-16(24-10)11-4-6-22(7-5-11)9-15(23)19-14-3-2-12(17)8-13(14)18/h2-3,8,11H,4-7,9H2,1H3,(H,19,23). The fourth-order valence-electron chi connectivity index (χ4n) is 2.80. The number of rotatable bonds is 4. The van der Waals surface area contributed by atoms with E-state index in [-0.39, 0.29) is 18.1 Å². The van der Waals surface area contributed by atoms with Gasteiger partial charge in [-0.25, -0.2) is 8.78 Å². The molecule has 0 atom stereocenters. The fraction of sp³-hybridized carbons (Fsp3) is 0.438. The van der Waals surface area contributed by atoms with Crippen LogP contribution < -0.4 is 5.32 Å². The monoisotopic (exact) mass is 352 g/mol. The molecular weight excluding hydrogens is 334 g/mol. The molecule has 0 radical (unpaired) electrons. The summed E-state index contributed by atoms with van der Waals surface area (Å²) in [5.41, 5.74) is 0.000575. The van der Waals surface area contributed by atoms with Crippen molar-refractivity contribution in [3.8, 4) is 0 Å². The van der Waals surface area contributed by atoms with E-state index in [9.17, 15) is 13.6 Å². The number of nitrogens with one attached hydrogen (secondary N) is 1. The number of carbonyl (C=O) groups excluding carboxylic acids is 1. The van der Waals surface area contributed by atoms with Gasteiger partial charge >= 0.3 is 0 Å². The van der Waals surface area contributed by atoms with Crippen molar-refractivity contribution in [2.75, 3.05) is 25.0 Å². The Kier molecular flexibility index (Phi) is 5.15. The van der Waals surface area contributed by atoms with E-state index in [1.807, 2.05) is 11.8 Å². The molecular formula is C16H18F2N4OS. The molecule has 3 rings (SSSR count). The van der Waals surface area contributed by atoms with Crippen LogP contribution in [-0.4, -0.2) is 40.6 Å². The Bertz CT molecular complexity index is 729. The van der Waals surface area contributed by atoms with Crippen molar-refractivity contribution in [3.63, 3.8) is 0 Å². The van der Waals surface area contributed by atoms with Crippen LogP contribution in [0.4, 0.5) is 14.5 Å². The molecule has 128 valence electrons. The molecule has 1 aliphatic rings. The molecule has 8 heteroatoms. The van der Waals surface area contributed by atoms with Gasteiger partial charge < -0.3 is 5.32 Å². The summed E-state index contributed by atoms with van der Waals surface area (Å²) in [7, 11) is 0. The average Bonchev–Trinajstić information content (AvgIpc) is 2.97. The second-order valence-corrected chi connectivity index (χ2v) is 7.10. The molecule has 2 aromatic rings. The Balaban J connectivity index is 1.49. The third-order valence-corrected chi connectivity index (χ3v) is 5.05. The van der Waals surface area contributed by atoms with Crippen molar-refractivity contribution >= 4 is 22.9 Å². The van der Waals surface area contributed by atoms with Crippen LogP contribution >= 0.6 is 11.3 Å². The lowest BCUT2D eigenvalue weighted by Crippen LogP contribution is -2.38.